The van der Waals surface area contributed by atoms with Gasteiger partial charge in [-0.25, -0.2) is 0 Å². The van der Waals surface area contributed by atoms with Crippen molar-refractivity contribution in [2.45, 2.75) is 13.3 Å². The number of ketones is 1. The van der Waals surface area contributed by atoms with Crippen molar-refractivity contribution < 1.29 is 9.53 Å². The molecule has 0 saturated heterocycles. The van der Waals surface area contributed by atoms with E-state index in [1.165, 1.54) is 0 Å². The molecular weight excluding hydrogens is 202 g/mol. The van der Waals surface area contributed by atoms with E-state index >= 15 is 0 Å². The van der Waals surface area contributed by atoms with Gasteiger partial charge in [0.25, 0.3) is 0 Å². The molecule has 0 bridgehead atoms. The number of nitrogens with zero attached hydrogens (tertiary/aromatic N) is 1. The van der Waals surface area contributed by atoms with Crippen LogP contribution in [0.5, 0.6) is 5.75 Å². The highest BCUT2D eigenvalue weighted by Gasteiger charge is 2.15. The quantitative estimate of drug-likeness (QED) is 0.723. The molecule has 0 N–H and O–H groups in total. The molecule has 86 valence electrons. The first kappa shape index (κ1) is 11.1. The molecule has 0 atom stereocenters. The molecule has 0 aliphatic carbocycles. The van der Waals surface area contributed by atoms with Crippen LogP contribution in [0.2, 0.25) is 0 Å². The lowest BCUT2D eigenvalue weighted by Crippen LogP contribution is -2.25. The Bertz CT molecular complexity index is 401. The minimum Gasteiger partial charge on any atom is -0.493 e. The van der Waals surface area contributed by atoms with Crippen LogP contribution in [0.15, 0.2) is 18.2 Å². The van der Waals surface area contributed by atoms with Gasteiger partial charge in [-0.3, -0.25) is 9.69 Å². The normalized spacial score (nSPS) is 13.7. The number of carbonyl (C=O) groups excluding carboxylic acids is 1. The molecule has 16 heavy (non-hydrogen) atoms. The third-order valence-electron chi connectivity index (χ3n) is 2.96. The van der Waals surface area contributed by atoms with Gasteiger partial charge in [-0.15, -0.1) is 0 Å². The zero-order valence-corrected chi connectivity index (χ0v) is 9.82. The molecule has 1 aliphatic rings. The maximum Gasteiger partial charge on any atom is 0.176 e. The van der Waals surface area contributed by atoms with Crippen LogP contribution in [-0.2, 0) is 6.42 Å². The van der Waals surface area contributed by atoms with Crippen LogP contribution in [0.4, 0.5) is 0 Å². The summed E-state index contributed by atoms with van der Waals surface area (Å²) in [6.07, 6.45) is 0.917. The zero-order chi connectivity index (χ0) is 11.5. The highest BCUT2D eigenvalue weighted by molar-refractivity contribution is 5.98. The highest BCUT2D eigenvalue weighted by atomic mass is 16.5. The van der Waals surface area contributed by atoms with Crippen LogP contribution >= 0.6 is 0 Å². The van der Waals surface area contributed by atoms with Crippen molar-refractivity contribution in [3.63, 3.8) is 0 Å². The van der Waals surface area contributed by atoms with Crippen molar-refractivity contribution in [2.24, 2.45) is 0 Å². The van der Waals surface area contributed by atoms with Crippen LogP contribution in [-0.4, -0.2) is 37.4 Å². The van der Waals surface area contributed by atoms with E-state index in [2.05, 4.69) is 0 Å². The van der Waals surface area contributed by atoms with E-state index in [1.807, 2.05) is 37.1 Å². The summed E-state index contributed by atoms with van der Waals surface area (Å²) in [4.78, 5) is 13.9. The van der Waals surface area contributed by atoms with Gasteiger partial charge in [-0.05, 0) is 37.4 Å². The van der Waals surface area contributed by atoms with Gasteiger partial charge < -0.3 is 4.74 Å². The maximum atomic E-state index is 11.9. The van der Waals surface area contributed by atoms with Crippen LogP contribution in [0.25, 0.3) is 0 Å². The predicted octanol–water partition coefficient (Wildman–Crippen LogP) is 1.76. The number of hydrogen-bond donors (Lipinski definition) is 0. The van der Waals surface area contributed by atoms with Crippen LogP contribution < -0.4 is 4.74 Å². The Morgan fingerprint density at radius 2 is 2.31 bits per heavy atom. The first-order valence-corrected chi connectivity index (χ1v) is 5.68. The first-order valence-electron chi connectivity index (χ1n) is 5.68. The van der Waals surface area contributed by atoms with Crippen molar-refractivity contribution in [2.75, 3.05) is 26.7 Å². The highest BCUT2D eigenvalue weighted by Crippen LogP contribution is 2.25. The molecule has 1 aromatic carbocycles. The monoisotopic (exact) mass is 219 g/mol. The SMILES string of the molecule is CCN(C)CC(=O)c1ccc2c(c1)CCO2. The summed E-state index contributed by atoms with van der Waals surface area (Å²) in [6, 6.07) is 5.73. The number of carbonyl (C=O) groups is 1. The van der Waals surface area contributed by atoms with Gasteiger partial charge in [0.15, 0.2) is 5.78 Å². The number of fused-ring (bicyclic) bond motifs is 1. The summed E-state index contributed by atoms with van der Waals surface area (Å²) in [5.41, 5.74) is 1.95. The molecule has 1 heterocycles. The zero-order valence-electron chi connectivity index (χ0n) is 9.82. The summed E-state index contributed by atoms with van der Waals surface area (Å²) in [6.45, 7) is 4.15. The fourth-order valence-corrected chi connectivity index (χ4v) is 1.81. The lowest BCUT2D eigenvalue weighted by atomic mass is 10.1. The molecule has 3 nitrogen and oxygen atoms in total. The summed E-state index contributed by atoms with van der Waals surface area (Å²) >= 11 is 0. The van der Waals surface area contributed by atoms with E-state index in [4.69, 9.17) is 4.74 Å². The van der Waals surface area contributed by atoms with Crippen LogP contribution in [0, 0.1) is 0 Å². The van der Waals surface area contributed by atoms with Crippen molar-refractivity contribution in [1.29, 1.82) is 0 Å². The van der Waals surface area contributed by atoms with Gasteiger partial charge >= 0.3 is 0 Å². The average Bonchev–Trinajstić information content (AvgIpc) is 2.75. The second-order valence-corrected chi connectivity index (χ2v) is 4.17. The van der Waals surface area contributed by atoms with Crippen molar-refractivity contribution in [3.05, 3.63) is 29.3 Å². The largest absolute Gasteiger partial charge is 0.493 e. The number of hydrogen-bond acceptors (Lipinski definition) is 3. The lowest BCUT2D eigenvalue weighted by molar-refractivity contribution is 0.0949. The topological polar surface area (TPSA) is 29.5 Å². The minimum atomic E-state index is 0.180. The first-order chi connectivity index (χ1) is 7.70. The van der Waals surface area contributed by atoms with Gasteiger partial charge in [0.2, 0.25) is 0 Å². The molecule has 3 heteroatoms. The molecule has 1 aliphatic heterocycles. The molecule has 1 aromatic rings. The van der Waals surface area contributed by atoms with Gasteiger partial charge in [-0.1, -0.05) is 6.92 Å². The third kappa shape index (κ3) is 2.25. The predicted molar refractivity (Wildman–Crippen MR) is 63.1 cm³/mol. The summed E-state index contributed by atoms with van der Waals surface area (Å²) < 4.78 is 5.41. The van der Waals surface area contributed by atoms with E-state index in [9.17, 15) is 4.79 Å². The van der Waals surface area contributed by atoms with Gasteiger partial charge in [0.1, 0.15) is 5.75 Å². The molecule has 0 fully saturated rings. The minimum absolute atomic E-state index is 0.180. The average molecular weight is 219 g/mol. The number of benzene rings is 1. The van der Waals surface area contributed by atoms with Crippen molar-refractivity contribution >= 4 is 5.78 Å². The number of ether oxygens (including phenoxy) is 1. The maximum absolute atomic E-state index is 11.9. The van der Waals surface area contributed by atoms with Gasteiger partial charge in [0.05, 0.1) is 13.2 Å². The Labute approximate surface area is 96.0 Å². The molecule has 0 spiro atoms. The number of rotatable bonds is 4. The molecule has 0 aromatic heterocycles. The Kier molecular flexibility index (Phi) is 3.25. The van der Waals surface area contributed by atoms with Crippen LogP contribution in [0.1, 0.15) is 22.8 Å². The third-order valence-corrected chi connectivity index (χ3v) is 2.96. The van der Waals surface area contributed by atoms with E-state index in [0.717, 1.165) is 36.4 Å². The Hall–Kier alpha value is -1.35. The molecule has 0 amide bonds. The fraction of sp³-hybridized carbons (Fsp3) is 0.462. The smallest absolute Gasteiger partial charge is 0.176 e. The van der Waals surface area contributed by atoms with Gasteiger partial charge in [0, 0.05) is 12.0 Å². The van der Waals surface area contributed by atoms with E-state index < -0.39 is 0 Å². The second kappa shape index (κ2) is 4.66. The molecular formula is C13H17NO2. The Morgan fingerprint density at radius 3 is 3.06 bits per heavy atom. The second-order valence-electron chi connectivity index (χ2n) is 4.17. The van der Waals surface area contributed by atoms with Crippen LogP contribution in [0.3, 0.4) is 0 Å². The number of likely N-dealkylation sites (N-methyl/N-ethyl adjacent to an activating group) is 1. The number of Topliss-reactive ketones (excluding diaryl/α,β-unsaturated/α-hetero) is 1. The Morgan fingerprint density at radius 1 is 1.50 bits per heavy atom. The summed E-state index contributed by atoms with van der Waals surface area (Å²) in [5, 5.41) is 0. The van der Waals surface area contributed by atoms with E-state index in [0.29, 0.717) is 6.54 Å². The molecule has 0 radical (unpaired) electrons. The molecule has 2 rings (SSSR count). The van der Waals surface area contributed by atoms with Gasteiger partial charge in [-0.2, -0.15) is 0 Å². The Balaban J connectivity index is 2.12. The molecule has 0 saturated carbocycles. The lowest BCUT2D eigenvalue weighted by Gasteiger charge is -2.12. The standard InChI is InChI=1S/C13H17NO2/c1-3-14(2)9-12(15)10-4-5-13-11(8-10)6-7-16-13/h4-5,8H,3,6-7,9H2,1-2H3. The van der Waals surface area contributed by atoms with Crippen molar-refractivity contribution in [3.8, 4) is 5.75 Å². The molecule has 0 unspecified atom stereocenters. The van der Waals surface area contributed by atoms with E-state index in [1.54, 1.807) is 0 Å². The summed E-state index contributed by atoms with van der Waals surface area (Å²) in [5.74, 6) is 1.11. The van der Waals surface area contributed by atoms with Crippen molar-refractivity contribution in [1.82, 2.24) is 4.90 Å². The fourth-order valence-electron chi connectivity index (χ4n) is 1.81. The summed E-state index contributed by atoms with van der Waals surface area (Å²) in [7, 11) is 1.95. The van der Waals surface area contributed by atoms with E-state index in [-0.39, 0.29) is 5.78 Å².